The summed E-state index contributed by atoms with van der Waals surface area (Å²) in [5.41, 5.74) is 1.11. The van der Waals surface area contributed by atoms with Gasteiger partial charge in [0.2, 0.25) is 5.91 Å². The zero-order valence-corrected chi connectivity index (χ0v) is 14.6. The largest absolute Gasteiger partial charge is 0.351 e. The third-order valence-corrected chi connectivity index (χ3v) is 5.83. The van der Waals surface area contributed by atoms with E-state index in [1.807, 2.05) is 30.0 Å². The van der Waals surface area contributed by atoms with Gasteiger partial charge in [0.25, 0.3) is 0 Å². The van der Waals surface area contributed by atoms with Gasteiger partial charge in [0, 0.05) is 30.6 Å². The average molecular weight is 334 g/mol. The molecule has 2 heterocycles. The van der Waals surface area contributed by atoms with Crippen LogP contribution in [-0.2, 0) is 4.79 Å². The molecule has 2 saturated heterocycles. The van der Waals surface area contributed by atoms with Crippen molar-refractivity contribution in [3.05, 3.63) is 35.9 Å². The maximum absolute atomic E-state index is 13.1. The summed E-state index contributed by atoms with van der Waals surface area (Å²) in [5, 5.41) is 6.73. The summed E-state index contributed by atoms with van der Waals surface area (Å²) in [6.45, 7) is 6.16. The highest BCUT2D eigenvalue weighted by Crippen LogP contribution is 2.25. The molecule has 1 aromatic carbocycles. The van der Waals surface area contributed by atoms with Crippen molar-refractivity contribution in [2.24, 2.45) is 5.92 Å². The highest BCUT2D eigenvalue weighted by Gasteiger charge is 2.31. The van der Waals surface area contributed by atoms with Gasteiger partial charge in [-0.15, -0.1) is 0 Å². The van der Waals surface area contributed by atoms with Gasteiger partial charge >= 0.3 is 0 Å². The molecule has 0 aromatic heterocycles. The Morgan fingerprint density at radius 3 is 2.74 bits per heavy atom. The second kappa shape index (κ2) is 8.18. The number of amides is 1. The molecular formula is C18H27N3OS. The van der Waals surface area contributed by atoms with E-state index in [4.69, 9.17) is 0 Å². The van der Waals surface area contributed by atoms with Crippen LogP contribution in [0.2, 0.25) is 0 Å². The number of hydrogen-bond acceptors (Lipinski definition) is 4. The number of thioether (sulfide) groups is 1. The Kier molecular flexibility index (Phi) is 5.97. The van der Waals surface area contributed by atoms with Gasteiger partial charge < -0.3 is 10.6 Å². The molecule has 23 heavy (non-hydrogen) atoms. The van der Waals surface area contributed by atoms with Crippen molar-refractivity contribution in [2.45, 2.75) is 25.4 Å². The van der Waals surface area contributed by atoms with Crippen LogP contribution in [0.5, 0.6) is 0 Å². The fraction of sp³-hybridized carbons (Fsp3) is 0.611. The number of nitrogens with one attached hydrogen (secondary N) is 2. The minimum atomic E-state index is -0.154. The molecule has 5 heteroatoms. The zero-order chi connectivity index (χ0) is 16.1. The van der Waals surface area contributed by atoms with Crippen LogP contribution in [0.25, 0.3) is 0 Å². The van der Waals surface area contributed by atoms with Crippen LogP contribution in [-0.4, -0.2) is 54.5 Å². The number of carbonyl (C=O) groups excluding carboxylic acids is 1. The highest BCUT2D eigenvalue weighted by molar-refractivity contribution is 7.99. The van der Waals surface area contributed by atoms with Crippen molar-refractivity contribution in [1.29, 1.82) is 0 Å². The number of nitrogens with zero attached hydrogens (tertiary/aromatic N) is 1. The van der Waals surface area contributed by atoms with Crippen molar-refractivity contribution in [1.82, 2.24) is 15.5 Å². The fourth-order valence-electron chi connectivity index (χ4n) is 3.49. The van der Waals surface area contributed by atoms with Crippen molar-refractivity contribution < 1.29 is 4.79 Å². The van der Waals surface area contributed by atoms with Crippen molar-refractivity contribution in [2.75, 3.05) is 37.7 Å². The first-order valence-corrected chi connectivity index (χ1v) is 9.79. The summed E-state index contributed by atoms with van der Waals surface area (Å²) in [6.07, 6.45) is 1.02. The third kappa shape index (κ3) is 4.28. The number of rotatable bonds is 4. The molecule has 2 aliphatic heterocycles. The van der Waals surface area contributed by atoms with Gasteiger partial charge in [-0.05, 0) is 31.0 Å². The lowest BCUT2D eigenvalue weighted by atomic mass is 9.94. The highest BCUT2D eigenvalue weighted by atomic mass is 32.2. The van der Waals surface area contributed by atoms with Crippen LogP contribution in [0.15, 0.2) is 30.3 Å². The predicted octanol–water partition coefficient (Wildman–Crippen LogP) is 1.89. The second-order valence-corrected chi connectivity index (χ2v) is 7.77. The normalized spacial score (nSPS) is 27.3. The fourth-order valence-corrected chi connectivity index (χ4v) is 4.42. The molecule has 0 aliphatic carbocycles. The predicted molar refractivity (Wildman–Crippen MR) is 96.7 cm³/mol. The van der Waals surface area contributed by atoms with Crippen LogP contribution in [0.1, 0.15) is 24.9 Å². The molecule has 126 valence electrons. The number of carbonyl (C=O) groups is 1. The molecule has 3 unspecified atom stereocenters. The van der Waals surface area contributed by atoms with E-state index in [9.17, 15) is 4.79 Å². The molecule has 2 aliphatic rings. The molecule has 0 saturated carbocycles. The van der Waals surface area contributed by atoms with Gasteiger partial charge in [-0.1, -0.05) is 37.3 Å². The average Bonchev–Trinajstić information content (AvgIpc) is 2.59. The summed E-state index contributed by atoms with van der Waals surface area (Å²) in [7, 11) is 0. The molecule has 0 spiro atoms. The van der Waals surface area contributed by atoms with E-state index >= 15 is 0 Å². The monoisotopic (exact) mass is 333 g/mol. The van der Waals surface area contributed by atoms with E-state index in [0.717, 1.165) is 49.7 Å². The molecule has 2 N–H and O–H groups in total. The molecule has 1 aromatic rings. The van der Waals surface area contributed by atoms with Gasteiger partial charge in [0.05, 0.1) is 0 Å². The molecular weight excluding hydrogens is 306 g/mol. The summed E-state index contributed by atoms with van der Waals surface area (Å²) in [4.78, 5) is 15.4. The Hall–Kier alpha value is -1.04. The molecule has 2 fully saturated rings. The first-order valence-electron chi connectivity index (χ1n) is 8.63. The van der Waals surface area contributed by atoms with Crippen molar-refractivity contribution >= 4 is 17.7 Å². The molecule has 4 nitrogen and oxygen atoms in total. The van der Waals surface area contributed by atoms with Crippen LogP contribution in [0.3, 0.4) is 0 Å². The lowest BCUT2D eigenvalue weighted by Crippen LogP contribution is -2.52. The van der Waals surface area contributed by atoms with Gasteiger partial charge in [-0.2, -0.15) is 11.8 Å². The van der Waals surface area contributed by atoms with Crippen LogP contribution >= 0.6 is 11.8 Å². The minimum Gasteiger partial charge on any atom is -0.351 e. The van der Waals surface area contributed by atoms with E-state index in [0.29, 0.717) is 5.92 Å². The topological polar surface area (TPSA) is 44.4 Å². The Balaban J connectivity index is 1.75. The van der Waals surface area contributed by atoms with Crippen LogP contribution < -0.4 is 10.6 Å². The second-order valence-electron chi connectivity index (χ2n) is 6.55. The summed E-state index contributed by atoms with van der Waals surface area (Å²) in [5.74, 6) is 2.88. The van der Waals surface area contributed by atoms with Crippen LogP contribution in [0.4, 0.5) is 0 Å². The van der Waals surface area contributed by atoms with E-state index in [1.165, 1.54) is 0 Å². The molecule has 0 radical (unpaired) electrons. The molecule has 1 amide bonds. The van der Waals surface area contributed by atoms with E-state index < -0.39 is 0 Å². The van der Waals surface area contributed by atoms with E-state index in [-0.39, 0.29) is 18.0 Å². The number of hydrogen-bond donors (Lipinski definition) is 2. The Bertz CT molecular complexity index is 504. The van der Waals surface area contributed by atoms with Crippen molar-refractivity contribution in [3.63, 3.8) is 0 Å². The molecule has 3 rings (SSSR count). The van der Waals surface area contributed by atoms with Gasteiger partial charge in [-0.25, -0.2) is 0 Å². The Labute approximate surface area is 143 Å². The molecule has 0 bridgehead atoms. The number of benzene rings is 1. The lowest BCUT2D eigenvalue weighted by Gasteiger charge is -2.36. The first-order chi connectivity index (χ1) is 11.3. The minimum absolute atomic E-state index is 0.154. The number of piperidine rings is 1. The quantitative estimate of drug-likeness (QED) is 0.883. The third-order valence-electron chi connectivity index (χ3n) is 4.89. The Morgan fingerprint density at radius 1 is 1.30 bits per heavy atom. The SMILES string of the molecule is CC1CNCCC1NC(=O)C(c1ccccc1)N1CCSCC1. The summed E-state index contributed by atoms with van der Waals surface area (Å²) >= 11 is 1.98. The molecule has 3 atom stereocenters. The first kappa shape index (κ1) is 16.8. The summed E-state index contributed by atoms with van der Waals surface area (Å²) < 4.78 is 0. The maximum atomic E-state index is 13.1. The van der Waals surface area contributed by atoms with Crippen molar-refractivity contribution in [3.8, 4) is 0 Å². The van der Waals surface area contributed by atoms with E-state index in [1.54, 1.807) is 0 Å². The maximum Gasteiger partial charge on any atom is 0.242 e. The Morgan fingerprint density at radius 2 is 2.04 bits per heavy atom. The standard InChI is InChI=1S/C18H27N3OS/c1-14-13-19-8-7-16(14)20-18(22)17(15-5-3-2-4-6-15)21-9-11-23-12-10-21/h2-6,14,16-17,19H,7-13H2,1H3,(H,20,22). The summed E-state index contributed by atoms with van der Waals surface area (Å²) in [6, 6.07) is 10.4. The van der Waals surface area contributed by atoms with Crippen LogP contribution in [0, 0.1) is 5.92 Å². The zero-order valence-electron chi connectivity index (χ0n) is 13.8. The van der Waals surface area contributed by atoms with Gasteiger partial charge in [0.1, 0.15) is 6.04 Å². The smallest absolute Gasteiger partial charge is 0.242 e. The van der Waals surface area contributed by atoms with Gasteiger partial charge in [-0.3, -0.25) is 9.69 Å². The van der Waals surface area contributed by atoms with E-state index in [2.05, 4.69) is 34.6 Å². The lowest BCUT2D eigenvalue weighted by molar-refractivity contribution is -0.127. The van der Waals surface area contributed by atoms with Gasteiger partial charge in [0.15, 0.2) is 0 Å².